The summed E-state index contributed by atoms with van der Waals surface area (Å²) in [5.74, 6) is 0.473. The first-order valence-electron chi connectivity index (χ1n) is 8.47. The highest BCUT2D eigenvalue weighted by Gasteiger charge is 2.11. The van der Waals surface area contributed by atoms with Crippen molar-refractivity contribution in [1.29, 1.82) is 0 Å². The van der Waals surface area contributed by atoms with Crippen LogP contribution in [0.4, 0.5) is 5.69 Å². The molecule has 0 aliphatic heterocycles. The Hall–Kier alpha value is -3.25. The Kier molecular flexibility index (Phi) is 7.46. The van der Waals surface area contributed by atoms with Crippen molar-refractivity contribution in [2.75, 3.05) is 26.7 Å². The first kappa shape index (κ1) is 20.1. The van der Waals surface area contributed by atoms with E-state index in [2.05, 4.69) is 11.5 Å². The monoisotopic (exact) mass is 366 g/mol. The van der Waals surface area contributed by atoms with Gasteiger partial charge in [0.15, 0.2) is 5.78 Å². The van der Waals surface area contributed by atoms with Crippen molar-refractivity contribution in [2.24, 2.45) is 0 Å². The van der Waals surface area contributed by atoms with Gasteiger partial charge in [-0.3, -0.25) is 19.8 Å². The molecule has 0 aliphatic rings. The molecule has 0 unspecified atom stereocenters. The Labute approximate surface area is 158 Å². The summed E-state index contributed by atoms with van der Waals surface area (Å²) in [5, 5.41) is 10.7. The van der Waals surface area contributed by atoms with E-state index < -0.39 is 4.92 Å². The quantitative estimate of drug-likeness (QED) is 0.276. The summed E-state index contributed by atoms with van der Waals surface area (Å²) < 4.78 is 5.62. The number of hydrogen-bond acceptors (Lipinski definition) is 5. The van der Waals surface area contributed by atoms with Crippen LogP contribution in [0, 0.1) is 10.1 Å². The van der Waals surface area contributed by atoms with E-state index >= 15 is 0 Å². The molecule has 27 heavy (non-hydrogen) atoms. The molecule has 0 spiro atoms. The van der Waals surface area contributed by atoms with Crippen LogP contribution < -0.4 is 4.74 Å². The molecule has 6 heteroatoms. The van der Waals surface area contributed by atoms with Gasteiger partial charge in [0, 0.05) is 36.3 Å². The van der Waals surface area contributed by atoms with Gasteiger partial charge in [0.2, 0.25) is 0 Å². The molecule has 0 aliphatic carbocycles. The summed E-state index contributed by atoms with van der Waals surface area (Å²) in [6, 6.07) is 12.4. The van der Waals surface area contributed by atoms with Crippen LogP contribution in [0.3, 0.4) is 0 Å². The van der Waals surface area contributed by atoms with Crippen LogP contribution in [0.15, 0.2) is 73.3 Å². The van der Waals surface area contributed by atoms with Gasteiger partial charge < -0.3 is 4.74 Å². The van der Waals surface area contributed by atoms with Gasteiger partial charge in [0.1, 0.15) is 12.4 Å². The largest absolute Gasteiger partial charge is 0.490 e. The molecule has 0 atom stereocenters. The molecule has 0 aromatic heterocycles. The first-order chi connectivity index (χ1) is 13.0. The van der Waals surface area contributed by atoms with Crippen molar-refractivity contribution in [2.45, 2.75) is 0 Å². The van der Waals surface area contributed by atoms with Crippen molar-refractivity contribution in [3.63, 3.8) is 0 Å². The van der Waals surface area contributed by atoms with Crippen LogP contribution >= 0.6 is 0 Å². The van der Waals surface area contributed by atoms with Gasteiger partial charge in [-0.25, -0.2) is 0 Å². The minimum absolute atomic E-state index is 0.0426. The van der Waals surface area contributed by atoms with Gasteiger partial charge in [-0.05, 0) is 43.4 Å². The second-order valence-corrected chi connectivity index (χ2v) is 5.95. The highest BCUT2D eigenvalue weighted by molar-refractivity contribution is 6.09. The summed E-state index contributed by atoms with van der Waals surface area (Å²) in [5.41, 5.74) is 0.859. The minimum Gasteiger partial charge on any atom is -0.490 e. The van der Waals surface area contributed by atoms with E-state index in [0.29, 0.717) is 23.5 Å². The second-order valence-electron chi connectivity index (χ2n) is 5.95. The molecule has 2 aromatic rings. The predicted octanol–water partition coefficient (Wildman–Crippen LogP) is 3.88. The Morgan fingerprint density at radius 2 is 1.67 bits per heavy atom. The maximum Gasteiger partial charge on any atom is 0.269 e. The standard InChI is InChI=1S/C21H22N2O4/c1-3-14-22(2)15-4-5-16-27-20-12-8-18(9-13-20)21(24)17-6-10-19(11-7-17)23(25)26/h3-13H,1,14-16H2,2H3. The molecular weight excluding hydrogens is 344 g/mol. The van der Waals surface area contributed by atoms with E-state index in [9.17, 15) is 14.9 Å². The molecule has 2 rings (SSSR count). The molecule has 0 heterocycles. The fourth-order valence-corrected chi connectivity index (χ4v) is 2.37. The van der Waals surface area contributed by atoms with Crippen molar-refractivity contribution < 1.29 is 14.5 Å². The number of ether oxygens (including phenoxy) is 1. The van der Waals surface area contributed by atoms with Gasteiger partial charge in [-0.2, -0.15) is 0 Å². The van der Waals surface area contributed by atoms with E-state index in [0.717, 1.165) is 13.1 Å². The molecule has 0 N–H and O–H groups in total. The zero-order valence-electron chi connectivity index (χ0n) is 15.2. The average Bonchev–Trinajstić information content (AvgIpc) is 2.68. The van der Waals surface area contributed by atoms with E-state index in [1.807, 2.05) is 25.3 Å². The Morgan fingerprint density at radius 1 is 1.07 bits per heavy atom. The second kappa shape index (κ2) is 10.0. The third kappa shape index (κ3) is 6.20. The van der Waals surface area contributed by atoms with Gasteiger partial charge in [-0.1, -0.05) is 18.2 Å². The summed E-state index contributed by atoms with van der Waals surface area (Å²) >= 11 is 0. The zero-order chi connectivity index (χ0) is 19.6. The van der Waals surface area contributed by atoms with Crippen molar-refractivity contribution in [3.05, 3.63) is 94.6 Å². The predicted molar refractivity (Wildman–Crippen MR) is 105 cm³/mol. The molecule has 140 valence electrons. The number of nitro benzene ring substituents is 1. The van der Waals surface area contributed by atoms with Gasteiger partial charge in [-0.15, -0.1) is 6.58 Å². The topological polar surface area (TPSA) is 72.7 Å². The molecule has 0 bridgehead atoms. The van der Waals surface area contributed by atoms with Crippen molar-refractivity contribution in [1.82, 2.24) is 4.90 Å². The number of carbonyl (C=O) groups excluding carboxylic acids is 1. The zero-order valence-corrected chi connectivity index (χ0v) is 15.2. The van der Waals surface area contributed by atoms with Crippen molar-refractivity contribution >= 4 is 11.5 Å². The number of likely N-dealkylation sites (N-methyl/N-ethyl adjacent to an activating group) is 1. The number of benzene rings is 2. The van der Waals surface area contributed by atoms with Crippen LogP contribution in [0.5, 0.6) is 5.75 Å². The molecule has 0 saturated carbocycles. The van der Waals surface area contributed by atoms with E-state index in [1.165, 1.54) is 24.3 Å². The van der Waals surface area contributed by atoms with Crippen LogP contribution in [0.25, 0.3) is 0 Å². The number of ketones is 1. The number of rotatable bonds is 10. The lowest BCUT2D eigenvalue weighted by molar-refractivity contribution is -0.384. The van der Waals surface area contributed by atoms with Crippen LogP contribution in [-0.2, 0) is 0 Å². The first-order valence-corrected chi connectivity index (χ1v) is 8.47. The third-order valence-electron chi connectivity index (χ3n) is 3.83. The Morgan fingerprint density at radius 3 is 2.22 bits per heavy atom. The fraction of sp³-hybridized carbons (Fsp3) is 0.190. The number of hydrogen-bond donors (Lipinski definition) is 0. The lowest BCUT2D eigenvalue weighted by Gasteiger charge is -2.10. The highest BCUT2D eigenvalue weighted by Crippen LogP contribution is 2.18. The Balaban J connectivity index is 1.88. The van der Waals surface area contributed by atoms with Gasteiger partial charge >= 0.3 is 0 Å². The molecular formula is C21H22N2O4. The van der Waals surface area contributed by atoms with Crippen LogP contribution in [0.1, 0.15) is 15.9 Å². The molecule has 0 saturated heterocycles. The average molecular weight is 366 g/mol. The number of nitrogens with zero attached hydrogens (tertiary/aromatic N) is 2. The maximum absolute atomic E-state index is 12.4. The Bertz CT molecular complexity index is 811. The van der Waals surface area contributed by atoms with E-state index in [1.54, 1.807) is 24.3 Å². The number of nitro groups is 1. The summed E-state index contributed by atoms with van der Waals surface area (Å²) in [6.07, 6.45) is 5.81. The van der Waals surface area contributed by atoms with E-state index in [4.69, 9.17) is 4.74 Å². The lowest BCUT2D eigenvalue weighted by atomic mass is 10.0. The van der Waals surface area contributed by atoms with Gasteiger partial charge in [0.05, 0.1) is 4.92 Å². The molecule has 2 aromatic carbocycles. The molecule has 0 amide bonds. The SMILES string of the molecule is C=CCN(C)CC=CCOc1ccc(C(=O)c2ccc([N+](=O)[O-])cc2)cc1. The molecule has 0 fully saturated rings. The van der Waals surface area contributed by atoms with Crippen LogP contribution in [0.2, 0.25) is 0 Å². The van der Waals surface area contributed by atoms with E-state index in [-0.39, 0.29) is 11.5 Å². The molecule has 6 nitrogen and oxygen atoms in total. The maximum atomic E-state index is 12.4. The van der Waals surface area contributed by atoms with Crippen LogP contribution in [-0.4, -0.2) is 42.4 Å². The molecule has 0 radical (unpaired) electrons. The number of non-ortho nitro benzene ring substituents is 1. The van der Waals surface area contributed by atoms with Crippen molar-refractivity contribution in [3.8, 4) is 5.75 Å². The smallest absolute Gasteiger partial charge is 0.269 e. The summed E-state index contributed by atoms with van der Waals surface area (Å²) in [6.45, 7) is 5.78. The lowest BCUT2D eigenvalue weighted by Crippen LogP contribution is -2.17. The minimum atomic E-state index is -0.494. The fourth-order valence-electron chi connectivity index (χ4n) is 2.37. The third-order valence-corrected chi connectivity index (χ3v) is 3.83. The normalized spacial score (nSPS) is 10.9. The van der Waals surface area contributed by atoms with Gasteiger partial charge in [0.25, 0.3) is 5.69 Å². The highest BCUT2D eigenvalue weighted by atomic mass is 16.6. The number of carbonyl (C=O) groups is 1. The summed E-state index contributed by atoms with van der Waals surface area (Å²) in [4.78, 5) is 24.7. The summed E-state index contributed by atoms with van der Waals surface area (Å²) in [7, 11) is 2.01.